The van der Waals surface area contributed by atoms with E-state index in [0.29, 0.717) is 5.91 Å². The van der Waals surface area contributed by atoms with E-state index in [1.54, 1.807) is 0 Å². The Morgan fingerprint density at radius 1 is 1.33 bits per heavy atom. The van der Waals surface area contributed by atoms with Crippen LogP contribution < -0.4 is 0 Å². The summed E-state index contributed by atoms with van der Waals surface area (Å²) >= 11 is 0. The maximum atomic E-state index is 11.6. The number of carbonyl (C=O) groups excluding carboxylic acids is 1. The van der Waals surface area contributed by atoms with Crippen molar-refractivity contribution in [2.24, 2.45) is 5.92 Å². The molecule has 0 aromatic carbocycles. The third-order valence-electron chi connectivity index (χ3n) is 3.05. The molecule has 3 heteroatoms. The highest BCUT2D eigenvalue weighted by Gasteiger charge is 2.22. The summed E-state index contributed by atoms with van der Waals surface area (Å²) in [5, 5.41) is 0. The Labute approximate surface area is 93.4 Å². The zero-order valence-corrected chi connectivity index (χ0v) is 10.3. The fraction of sp³-hybridized carbons (Fsp3) is 0.917. The monoisotopic (exact) mass is 212 g/mol. The van der Waals surface area contributed by atoms with Crippen molar-refractivity contribution in [3.63, 3.8) is 0 Å². The first-order valence-corrected chi connectivity index (χ1v) is 6.06. The summed E-state index contributed by atoms with van der Waals surface area (Å²) in [5.41, 5.74) is 0. The summed E-state index contributed by atoms with van der Waals surface area (Å²) in [6, 6.07) is 0. The third-order valence-corrected chi connectivity index (χ3v) is 3.05. The van der Waals surface area contributed by atoms with Crippen LogP contribution in [0.25, 0.3) is 0 Å². The third kappa shape index (κ3) is 4.20. The van der Waals surface area contributed by atoms with Crippen molar-refractivity contribution < 1.29 is 4.79 Å². The van der Waals surface area contributed by atoms with Crippen LogP contribution in [0.3, 0.4) is 0 Å². The van der Waals surface area contributed by atoms with Crippen molar-refractivity contribution >= 4 is 5.91 Å². The molecule has 1 saturated heterocycles. The van der Waals surface area contributed by atoms with Gasteiger partial charge in [0.2, 0.25) is 5.91 Å². The van der Waals surface area contributed by atoms with E-state index in [1.807, 2.05) is 4.90 Å². The maximum absolute atomic E-state index is 11.6. The minimum Gasteiger partial charge on any atom is -0.343 e. The van der Waals surface area contributed by atoms with Gasteiger partial charge in [0, 0.05) is 26.1 Å². The van der Waals surface area contributed by atoms with E-state index in [9.17, 15) is 4.79 Å². The summed E-state index contributed by atoms with van der Waals surface area (Å²) in [4.78, 5) is 15.9. The van der Waals surface area contributed by atoms with Crippen LogP contribution >= 0.6 is 0 Å². The molecule has 0 radical (unpaired) electrons. The Bertz CT molecular complexity index is 196. The predicted molar refractivity (Wildman–Crippen MR) is 62.8 cm³/mol. The number of carbonyl (C=O) groups is 1. The lowest BCUT2D eigenvalue weighted by molar-refractivity contribution is -0.132. The number of hydrogen-bond donors (Lipinski definition) is 0. The number of nitrogens with zero attached hydrogens (tertiary/aromatic N) is 2. The largest absolute Gasteiger partial charge is 0.343 e. The molecule has 0 spiro atoms. The van der Waals surface area contributed by atoms with Crippen molar-refractivity contribution in [3.05, 3.63) is 0 Å². The molecule has 1 fully saturated rings. The van der Waals surface area contributed by atoms with Crippen LogP contribution in [0.1, 0.15) is 32.6 Å². The molecule has 0 atom stereocenters. The summed E-state index contributed by atoms with van der Waals surface area (Å²) in [7, 11) is 4.24. The second-order valence-electron chi connectivity index (χ2n) is 4.84. The summed E-state index contributed by atoms with van der Waals surface area (Å²) in [6.45, 7) is 5.17. The number of likely N-dealkylation sites (tertiary alicyclic amines) is 1. The molecule has 0 unspecified atom stereocenters. The average molecular weight is 212 g/mol. The highest BCUT2D eigenvalue weighted by atomic mass is 16.2. The Kier molecular flexibility index (Phi) is 5.09. The molecule has 88 valence electrons. The van der Waals surface area contributed by atoms with Gasteiger partial charge in [0.05, 0.1) is 0 Å². The number of piperidine rings is 1. The molecule has 0 saturated carbocycles. The van der Waals surface area contributed by atoms with Gasteiger partial charge in [-0.3, -0.25) is 4.79 Å². The SMILES string of the molecule is CCCC(=O)N1CCC(CN(C)C)CC1. The van der Waals surface area contributed by atoms with Gasteiger partial charge in [-0.1, -0.05) is 6.92 Å². The van der Waals surface area contributed by atoms with Crippen LogP contribution in [0.15, 0.2) is 0 Å². The van der Waals surface area contributed by atoms with Crippen molar-refractivity contribution in [1.82, 2.24) is 9.80 Å². The van der Waals surface area contributed by atoms with Gasteiger partial charge in [0.15, 0.2) is 0 Å². The lowest BCUT2D eigenvalue weighted by Gasteiger charge is -2.33. The van der Waals surface area contributed by atoms with Crippen molar-refractivity contribution in [1.29, 1.82) is 0 Å². The fourth-order valence-corrected chi connectivity index (χ4v) is 2.25. The number of rotatable bonds is 4. The Hall–Kier alpha value is -0.570. The molecule has 0 aromatic rings. The van der Waals surface area contributed by atoms with Crippen LogP contribution in [0, 0.1) is 5.92 Å². The topological polar surface area (TPSA) is 23.6 Å². The molecule has 1 aliphatic heterocycles. The molecule has 1 rings (SSSR count). The van der Waals surface area contributed by atoms with Crippen LogP contribution in [0.2, 0.25) is 0 Å². The summed E-state index contributed by atoms with van der Waals surface area (Å²) in [6.07, 6.45) is 4.04. The lowest BCUT2D eigenvalue weighted by Crippen LogP contribution is -2.40. The first-order chi connectivity index (χ1) is 7.13. The van der Waals surface area contributed by atoms with Crippen molar-refractivity contribution in [2.45, 2.75) is 32.6 Å². The van der Waals surface area contributed by atoms with Crippen LogP contribution in [-0.2, 0) is 4.79 Å². The van der Waals surface area contributed by atoms with Gasteiger partial charge in [-0.15, -0.1) is 0 Å². The maximum Gasteiger partial charge on any atom is 0.222 e. The van der Waals surface area contributed by atoms with Gasteiger partial charge in [-0.25, -0.2) is 0 Å². The fourth-order valence-electron chi connectivity index (χ4n) is 2.25. The van der Waals surface area contributed by atoms with Gasteiger partial charge < -0.3 is 9.80 Å². The molecule has 0 bridgehead atoms. The van der Waals surface area contributed by atoms with Crippen LogP contribution in [-0.4, -0.2) is 49.4 Å². The normalized spacial score (nSPS) is 18.5. The van der Waals surface area contributed by atoms with E-state index >= 15 is 0 Å². The van der Waals surface area contributed by atoms with Crippen LogP contribution in [0.5, 0.6) is 0 Å². The van der Waals surface area contributed by atoms with E-state index in [0.717, 1.165) is 38.4 Å². The highest BCUT2D eigenvalue weighted by molar-refractivity contribution is 5.76. The Morgan fingerprint density at radius 3 is 2.40 bits per heavy atom. The van der Waals surface area contributed by atoms with E-state index < -0.39 is 0 Å². The van der Waals surface area contributed by atoms with Gasteiger partial charge in [-0.2, -0.15) is 0 Å². The molecule has 1 heterocycles. The predicted octanol–water partition coefficient (Wildman–Crippen LogP) is 1.59. The molecule has 0 aliphatic carbocycles. The van der Waals surface area contributed by atoms with E-state index in [1.165, 1.54) is 12.8 Å². The average Bonchev–Trinajstić information content (AvgIpc) is 2.18. The Morgan fingerprint density at radius 2 is 1.93 bits per heavy atom. The molecule has 3 nitrogen and oxygen atoms in total. The number of amides is 1. The zero-order valence-electron chi connectivity index (χ0n) is 10.3. The molecule has 1 aliphatic rings. The van der Waals surface area contributed by atoms with Gasteiger partial charge in [-0.05, 0) is 39.3 Å². The summed E-state index contributed by atoms with van der Waals surface area (Å²) < 4.78 is 0. The van der Waals surface area contributed by atoms with E-state index in [4.69, 9.17) is 0 Å². The highest BCUT2D eigenvalue weighted by Crippen LogP contribution is 2.18. The Balaban J connectivity index is 2.26. The van der Waals surface area contributed by atoms with Crippen molar-refractivity contribution in [2.75, 3.05) is 33.7 Å². The van der Waals surface area contributed by atoms with Gasteiger partial charge in [0.1, 0.15) is 0 Å². The minimum absolute atomic E-state index is 0.348. The molecule has 0 N–H and O–H groups in total. The first kappa shape index (κ1) is 12.5. The van der Waals surface area contributed by atoms with Gasteiger partial charge >= 0.3 is 0 Å². The molecule has 15 heavy (non-hydrogen) atoms. The van der Waals surface area contributed by atoms with E-state index in [2.05, 4.69) is 25.9 Å². The van der Waals surface area contributed by atoms with Crippen molar-refractivity contribution in [3.8, 4) is 0 Å². The minimum atomic E-state index is 0.348. The first-order valence-electron chi connectivity index (χ1n) is 6.06. The molecular weight excluding hydrogens is 188 g/mol. The standard InChI is InChI=1S/C12H24N2O/c1-4-5-12(15)14-8-6-11(7-9-14)10-13(2)3/h11H,4-10H2,1-3H3. The summed E-state index contributed by atoms with van der Waals surface area (Å²) in [5.74, 6) is 1.13. The molecule has 1 amide bonds. The quantitative estimate of drug-likeness (QED) is 0.706. The second kappa shape index (κ2) is 6.11. The molecule has 0 aromatic heterocycles. The smallest absolute Gasteiger partial charge is 0.222 e. The van der Waals surface area contributed by atoms with E-state index in [-0.39, 0.29) is 0 Å². The number of hydrogen-bond acceptors (Lipinski definition) is 2. The lowest BCUT2D eigenvalue weighted by atomic mass is 9.96. The van der Waals surface area contributed by atoms with Crippen LogP contribution in [0.4, 0.5) is 0 Å². The second-order valence-corrected chi connectivity index (χ2v) is 4.84. The van der Waals surface area contributed by atoms with Gasteiger partial charge in [0.25, 0.3) is 0 Å². The zero-order chi connectivity index (χ0) is 11.3. The molecular formula is C12H24N2O.